The molecule has 2 aromatic rings. The topological polar surface area (TPSA) is 80.0 Å². The van der Waals surface area contributed by atoms with Gasteiger partial charge in [0, 0.05) is 25.0 Å². The number of carbonyl (C=O) groups is 1. The number of carbonyl (C=O) groups excluding carboxylic acids is 1. The van der Waals surface area contributed by atoms with Crippen molar-refractivity contribution in [3.63, 3.8) is 0 Å². The number of esters is 1. The van der Waals surface area contributed by atoms with Crippen LogP contribution in [0.3, 0.4) is 0 Å². The molecule has 0 bridgehead atoms. The SMILES string of the molecule is CCOC(=O)C1CCC(NC(=NC)NCc2cn3c(C)cccc3n2)CC1. The number of nitrogens with zero attached hydrogens (tertiary/aromatic N) is 3. The lowest BCUT2D eigenvalue weighted by atomic mass is 9.86. The van der Waals surface area contributed by atoms with Crippen LogP contribution in [0.2, 0.25) is 0 Å². The number of ether oxygens (including phenoxy) is 1. The van der Waals surface area contributed by atoms with Gasteiger partial charge in [-0.05, 0) is 51.7 Å². The van der Waals surface area contributed by atoms with Gasteiger partial charge in [0.25, 0.3) is 0 Å². The minimum absolute atomic E-state index is 0.0409. The van der Waals surface area contributed by atoms with Crippen LogP contribution in [0.5, 0.6) is 0 Å². The lowest BCUT2D eigenvalue weighted by molar-refractivity contribution is -0.149. The van der Waals surface area contributed by atoms with Crippen molar-refractivity contribution in [3.8, 4) is 0 Å². The van der Waals surface area contributed by atoms with Gasteiger partial charge in [-0.15, -0.1) is 0 Å². The molecule has 1 aliphatic rings. The van der Waals surface area contributed by atoms with Crippen molar-refractivity contribution in [3.05, 3.63) is 35.8 Å². The van der Waals surface area contributed by atoms with Crippen LogP contribution in [0.4, 0.5) is 0 Å². The molecule has 7 heteroatoms. The van der Waals surface area contributed by atoms with E-state index in [1.807, 2.05) is 19.1 Å². The minimum Gasteiger partial charge on any atom is -0.466 e. The molecule has 2 heterocycles. The molecule has 3 rings (SSSR count). The van der Waals surface area contributed by atoms with Crippen LogP contribution in [0, 0.1) is 12.8 Å². The number of pyridine rings is 1. The standard InChI is InChI=1S/C20H29N5O2/c1-4-27-19(26)15-8-10-16(11-9-15)24-20(21-3)22-12-17-13-25-14(2)6-5-7-18(25)23-17/h5-7,13,15-16H,4,8-12H2,1-3H3,(H2,21,22,24). The summed E-state index contributed by atoms with van der Waals surface area (Å²) in [5.41, 5.74) is 3.08. The van der Waals surface area contributed by atoms with E-state index in [0.29, 0.717) is 19.2 Å². The number of aromatic nitrogens is 2. The van der Waals surface area contributed by atoms with Crippen molar-refractivity contribution in [2.24, 2.45) is 10.9 Å². The van der Waals surface area contributed by atoms with Crippen LogP contribution in [-0.4, -0.2) is 41.0 Å². The average Bonchev–Trinajstić information content (AvgIpc) is 3.10. The maximum atomic E-state index is 11.9. The van der Waals surface area contributed by atoms with Gasteiger partial charge in [-0.2, -0.15) is 0 Å². The molecule has 0 spiro atoms. The second kappa shape index (κ2) is 8.88. The second-order valence-corrected chi connectivity index (χ2v) is 7.00. The molecule has 0 aromatic carbocycles. The molecular formula is C20H29N5O2. The Morgan fingerprint density at radius 1 is 1.33 bits per heavy atom. The van der Waals surface area contributed by atoms with E-state index in [9.17, 15) is 4.79 Å². The molecule has 146 valence electrons. The molecule has 2 aromatic heterocycles. The van der Waals surface area contributed by atoms with Gasteiger partial charge >= 0.3 is 5.97 Å². The molecule has 0 saturated heterocycles. The van der Waals surface area contributed by atoms with Gasteiger partial charge in [-0.3, -0.25) is 9.79 Å². The van der Waals surface area contributed by atoms with Gasteiger partial charge in [-0.25, -0.2) is 4.98 Å². The Kier molecular flexibility index (Phi) is 6.32. The first-order valence-corrected chi connectivity index (χ1v) is 9.68. The normalized spacial score (nSPS) is 20.5. The summed E-state index contributed by atoms with van der Waals surface area (Å²) >= 11 is 0. The lowest BCUT2D eigenvalue weighted by Crippen LogP contribution is -2.45. The quantitative estimate of drug-likeness (QED) is 0.479. The van der Waals surface area contributed by atoms with Crippen molar-refractivity contribution in [2.45, 2.75) is 52.1 Å². The summed E-state index contributed by atoms with van der Waals surface area (Å²) < 4.78 is 7.22. The van der Waals surface area contributed by atoms with E-state index < -0.39 is 0 Å². The zero-order valence-corrected chi connectivity index (χ0v) is 16.4. The molecule has 0 atom stereocenters. The second-order valence-electron chi connectivity index (χ2n) is 7.00. The highest BCUT2D eigenvalue weighted by Crippen LogP contribution is 2.25. The predicted molar refractivity (Wildman–Crippen MR) is 106 cm³/mol. The fourth-order valence-electron chi connectivity index (χ4n) is 3.58. The summed E-state index contributed by atoms with van der Waals surface area (Å²) in [6, 6.07) is 6.41. The summed E-state index contributed by atoms with van der Waals surface area (Å²) in [6.07, 6.45) is 5.66. The number of aliphatic imine (C=N–C) groups is 1. The molecule has 0 amide bonds. The van der Waals surface area contributed by atoms with Crippen LogP contribution in [0.25, 0.3) is 5.65 Å². The van der Waals surface area contributed by atoms with E-state index in [2.05, 4.69) is 44.2 Å². The Balaban J connectivity index is 1.50. The first kappa shape index (κ1) is 19.2. The first-order valence-electron chi connectivity index (χ1n) is 9.68. The van der Waals surface area contributed by atoms with Gasteiger partial charge in [-0.1, -0.05) is 6.07 Å². The smallest absolute Gasteiger partial charge is 0.308 e. The van der Waals surface area contributed by atoms with Gasteiger partial charge in [0.2, 0.25) is 0 Å². The molecule has 0 radical (unpaired) electrons. The molecule has 1 aliphatic carbocycles. The Bertz CT molecular complexity index is 806. The van der Waals surface area contributed by atoms with Gasteiger partial charge < -0.3 is 19.8 Å². The van der Waals surface area contributed by atoms with E-state index >= 15 is 0 Å². The summed E-state index contributed by atoms with van der Waals surface area (Å²) in [5.74, 6) is 0.753. The van der Waals surface area contributed by atoms with Gasteiger partial charge in [0.1, 0.15) is 5.65 Å². The van der Waals surface area contributed by atoms with Crippen molar-refractivity contribution < 1.29 is 9.53 Å². The van der Waals surface area contributed by atoms with Crippen LogP contribution in [0.15, 0.2) is 29.4 Å². The lowest BCUT2D eigenvalue weighted by Gasteiger charge is -2.29. The van der Waals surface area contributed by atoms with Crippen LogP contribution in [-0.2, 0) is 16.1 Å². The summed E-state index contributed by atoms with van der Waals surface area (Å²) in [6.45, 7) is 4.99. The third kappa shape index (κ3) is 4.78. The highest BCUT2D eigenvalue weighted by molar-refractivity contribution is 5.80. The maximum absolute atomic E-state index is 11.9. The summed E-state index contributed by atoms with van der Waals surface area (Å²) in [5, 5.41) is 6.80. The third-order valence-corrected chi connectivity index (χ3v) is 5.09. The van der Waals surface area contributed by atoms with E-state index in [1.165, 1.54) is 0 Å². The van der Waals surface area contributed by atoms with Crippen LogP contribution < -0.4 is 10.6 Å². The van der Waals surface area contributed by atoms with Gasteiger partial charge in [0.15, 0.2) is 5.96 Å². The number of aryl methyl sites for hydroxylation is 1. The van der Waals surface area contributed by atoms with Crippen LogP contribution >= 0.6 is 0 Å². The number of nitrogens with one attached hydrogen (secondary N) is 2. The van der Waals surface area contributed by atoms with E-state index in [-0.39, 0.29) is 11.9 Å². The van der Waals surface area contributed by atoms with Crippen molar-refractivity contribution in [1.29, 1.82) is 0 Å². The molecule has 1 saturated carbocycles. The number of imidazole rings is 1. The van der Waals surface area contributed by atoms with Crippen molar-refractivity contribution >= 4 is 17.6 Å². The van der Waals surface area contributed by atoms with Gasteiger partial charge in [0.05, 0.1) is 24.8 Å². The monoisotopic (exact) mass is 371 g/mol. The summed E-state index contributed by atoms with van der Waals surface area (Å²) in [4.78, 5) is 20.8. The van der Waals surface area contributed by atoms with E-state index in [4.69, 9.17) is 4.74 Å². The Labute approximate surface area is 160 Å². The van der Waals surface area contributed by atoms with Crippen molar-refractivity contribution in [2.75, 3.05) is 13.7 Å². The minimum atomic E-state index is -0.0550. The number of rotatable bonds is 5. The molecule has 27 heavy (non-hydrogen) atoms. The zero-order valence-electron chi connectivity index (χ0n) is 16.4. The molecule has 7 nitrogen and oxygen atoms in total. The molecule has 0 unspecified atom stereocenters. The van der Waals surface area contributed by atoms with E-state index in [0.717, 1.165) is 48.7 Å². The fourth-order valence-corrected chi connectivity index (χ4v) is 3.58. The Morgan fingerprint density at radius 2 is 2.11 bits per heavy atom. The zero-order chi connectivity index (χ0) is 19.2. The van der Waals surface area contributed by atoms with Crippen LogP contribution in [0.1, 0.15) is 44.0 Å². The number of fused-ring (bicyclic) bond motifs is 1. The van der Waals surface area contributed by atoms with Crippen molar-refractivity contribution in [1.82, 2.24) is 20.0 Å². The predicted octanol–water partition coefficient (Wildman–Crippen LogP) is 2.43. The number of hydrogen-bond acceptors (Lipinski definition) is 4. The summed E-state index contributed by atoms with van der Waals surface area (Å²) in [7, 11) is 1.77. The first-order chi connectivity index (χ1) is 13.1. The number of hydrogen-bond donors (Lipinski definition) is 2. The Morgan fingerprint density at radius 3 is 2.78 bits per heavy atom. The highest BCUT2D eigenvalue weighted by Gasteiger charge is 2.27. The Hall–Kier alpha value is -2.57. The third-order valence-electron chi connectivity index (χ3n) is 5.09. The molecular weight excluding hydrogens is 342 g/mol. The largest absolute Gasteiger partial charge is 0.466 e. The maximum Gasteiger partial charge on any atom is 0.308 e. The molecule has 2 N–H and O–H groups in total. The highest BCUT2D eigenvalue weighted by atomic mass is 16.5. The average molecular weight is 371 g/mol. The molecule has 0 aliphatic heterocycles. The molecule has 1 fully saturated rings. The fraction of sp³-hybridized carbons (Fsp3) is 0.550. The number of guanidine groups is 1. The van der Waals surface area contributed by atoms with E-state index in [1.54, 1.807) is 7.05 Å².